The summed E-state index contributed by atoms with van der Waals surface area (Å²) >= 11 is 0. The molecule has 0 amide bonds. The maximum atomic E-state index is 13.5. The molecule has 8 nitrogen and oxygen atoms in total. The van der Waals surface area contributed by atoms with E-state index in [1.54, 1.807) is 36.4 Å². The first-order chi connectivity index (χ1) is 18.0. The fourth-order valence-corrected chi connectivity index (χ4v) is 4.08. The van der Waals surface area contributed by atoms with Crippen LogP contribution >= 0.6 is 0 Å². The number of para-hydroxylation sites is 2. The number of furan rings is 1. The van der Waals surface area contributed by atoms with Crippen molar-refractivity contribution >= 4 is 34.1 Å². The van der Waals surface area contributed by atoms with E-state index in [0.29, 0.717) is 51.3 Å². The van der Waals surface area contributed by atoms with Crippen molar-refractivity contribution in [1.29, 1.82) is 0 Å². The molecular weight excluding hydrogens is 470 g/mol. The summed E-state index contributed by atoms with van der Waals surface area (Å²) in [5.41, 5.74) is 2.19. The molecular formula is C29H23N3O5. The molecule has 5 rings (SSSR count). The molecule has 2 aromatic heterocycles. The number of hydrogen-bond acceptors (Lipinski definition) is 7. The van der Waals surface area contributed by atoms with Gasteiger partial charge in [-0.05, 0) is 48.4 Å². The van der Waals surface area contributed by atoms with Crippen LogP contribution in [0.5, 0.6) is 11.5 Å². The molecule has 0 aliphatic heterocycles. The molecule has 0 aliphatic carbocycles. The normalized spacial score (nSPS) is 11.3. The molecule has 184 valence electrons. The minimum Gasteiger partial charge on any atom is -0.493 e. The molecule has 0 unspecified atom stereocenters. The zero-order chi connectivity index (χ0) is 25.9. The van der Waals surface area contributed by atoms with Gasteiger partial charge >= 0.3 is 5.97 Å². The lowest BCUT2D eigenvalue weighted by Gasteiger charge is -2.13. The molecule has 2 heterocycles. The highest BCUT2D eigenvalue weighted by Gasteiger charge is 2.17. The Labute approximate surface area is 212 Å². The number of rotatable bonds is 7. The second-order valence-electron chi connectivity index (χ2n) is 8.26. The molecule has 5 aromatic rings. The Bertz CT molecular complexity index is 1710. The lowest BCUT2D eigenvalue weighted by molar-refractivity contribution is -0.132. The minimum absolute atomic E-state index is 0.269. The van der Waals surface area contributed by atoms with Crippen molar-refractivity contribution in [3.05, 3.63) is 101 Å². The number of allylic oxidation sites excluding steroid dienone is 1. The predicted molar refractivity (Wildman–Crippen MR) is 142 cm³/mol. The van der Waals surface area contributed by atoms with Gasteiger partial charge in [0.05, 0.1) is 24.2 Å². The summed E-state index contributed by atoms with van der Waals surface area (Å²) in [6.07, 6.45) is 3.65. The van der Waals surface area contributed by atoms with E-state index in [0.717, 1.165) is 5.39 Å². The Balaban J connectivity index is 1.68. The number of fused-ring (bicyclic) bond motifs is 2. The van der Waals surface area contributed by atoms with Crippen LogP contribution in [0.1, 0.15) is 18.1 Å². The van der Waals surface area contributed by atoms with Crippen molar-refractivity contribution in [2.45, 2.75) is 13.3 Å². The van der Waals surface area contributed by atoms with Crippen molar-refractivity contribution in [2.75, 3.05) is 7.11 Å². The molecule has 8 heteroatoms. The molecule has 0 aliphatic rings. The van der Waals surface area contributed by atoms with Crippen LogP contribution in [-0.4, -0.2) is 29.0 Å². The van der Waals surface area contributed by atoms with E-state index in [1.165, 1.54) is 24.9 Å². The second-order valence-corrected chi connectivity index (χ2v) is 8.26. The highest BCUT2D eigenvalue weighted by atomic mass is 16.6. The van der Waals surface area contributed by atoms with Gasteiger partial charge < -0.3 is 13.9 Å². The third-order valence-electron chi connectivity index (χ3n) is 5.71. The van der Waals surface area contributed by atoms with Crippen molar-refractivity contribution < 1.29 is 18.7 Å². The smallest absolute Gasteiger partial charge is 0.308 e. The molecule has 3 aromatic carbocycles. The van der Waals surface area contributed by atoms with E-state index in [-0.39, 0.29) is 11.4 Å². The summed E-state index contributed by atoms with van der Waals surface area (Å²) in [4.78, 5) is 29.8. The first-order valence-corrected chi connectivity index (χ1v) is 11.5. The molecule has 0 saturated heterocycles. The number of carbonyl (C=O) groups is 1. The van der Waals surface area contributed by atoms with Crippen LogP contribution in [0.3, 0.4) is 0 Å². The topological polar surface area (TPSA) is 95.9 Å². The average molecular weight is 494 g/mol. The first-order valence-electron chi connectivity index (χ1n) is 11.5. The average Bonchev–Trinajstić information content (AvgIpc) is 3.33. The van der Waals surface area contributed by atoms with Gasteiger partial charge in [-0.3, -0.25) is 9.59 Å². The summed E-state index contributed by atoms with van der Waals surface area (Å²) in [7, 11) is 1.48. The van der Waals surface area contributed by atoms with Gasteiger partial charge in [0.1, 0.15) is 5.58 Å². The SMILES string of the molecule is C=CCc1cc(C=Nn2c(-c3cc4ccccc4o3)nc3ccccc3c2=O)cc(OC)c1OC(C)=O. The van der Waals surface area contributed by atoms with Gasteiger partial charge in [-0.2, -0.15) is 9.78 Å². The quantitative estimate of drug-likeness (QED) is 0.131. The summed E-state index contributed by atoms with van der Waals surface area (Å²) in [6.45, 7) is 5.10. The number of aromatic nitrogens is 2. The van der Waals surface area contributed by atoms with E-state index in [2.05, 4.69) is 11.7 Å². The monoisotopic (exact) mass is 493 g/mol. The fraction of sp³-hybridized carbons (Fsp3) is 0.103. The highest BCUT2D eigenvalue weighted by molar-refractivity contribution is 5.85. The summed E-state index contributed by atoms with van der Waals surface area (Å²) in [5.74, 6) is 0.897. The Kier molecular flexibility index (Phi) is 6.38. The molecule has 0 radical (unpaired) electrons. The zero-order valence-corrected chi connectivity index (χ0v) is 20.3. The van der Waals surface area contributed by atoms with Gasteiger partial charge in [-0.1, -0.05) is 36.4 Å². The van der Waals surface area contributed by atoms with E-state index in [4.69, 9.17) is 18.9 Å². The Morgan fingerprint density at radius 2 is 1.92 bits per heavy atom. The molecule has 0 N–H and O–H groups in total. The first kappa shape index (κ1) is 23.7. The van der Waals surface area contributed by atoms with Gasteiger partial charge in [-0.25, -0.2) is 4.98 Å². The summed E-state index contributed by atoms with van der Waals surface area (Å²) < 4.78 is 18.1. The number of hydrogen-bond donors (Lipinski definition) is 0. The van der Waals surface area contributed by atoms with Crippen LogP contribution in [-0.2, 0) is 11.2 Å². The number of benzene rings is 3. The Hall–Kier alpha value is -4.98. The number of ether oxygens (including phenoxy) is 2. The summed E-state index contributed by atoms with van der Waals surface area (Å²) in [5, 5.41) is 5.82. The van der Waals surface area contributed by atoms with Crippen molar-refractivity contribution in [3.63, 3.8) is 0 Å². The fourth-order valence-electron chi connectivity index (χ4n) is 4.08. The standard InChI is InChI=1S/C29H23N3O5/c1-4-9-21-14-19(15-25(35-3)27(21)36-18(2)33)17-30-32-28(26-16-20-10-5-8-13-24(20)37-26)31-23-12-7-6-11-22(23)29(32)34/h4-8,10-17H,1,9H2,2-3H3. The second kappa shape index (κ2) is 9.94. The highest BCUT2D eigenvalue weighted by Crippen LogP contribution is 2.33. The Morgan fingerprint density at radius 1 is 1.14 bits per heavy atom. The van der Waals surface area contributed by atoms with Gasteiger partial charge in [0, 0.05) is 17.9 Å². The summed E-state index contributed by atoms with van der Waals surface area (Å²) in [6, 6.07) is 19.9. The van der Waals surface area contributed by atoms with Crippen molar-refractivity contribution in [1.82, 2.24) is 9.66 Å². The molecule has 0 bridgehead atoms. The van der Waals surface area contributed by atoms with Crippen LogP contribution in [0.15, 0.2) is 93.7 Å². The van der Waals surface area contributed by atoms with Crippen LogP contribution in [0.4, 0.5) is 0 Å². The maximum Gasteiger partial charge on any atom is 0.308 e. The molecule has 0 atom stereocenters. The molecule has 37 heavy (non-hydrogen) atoms. The maximum absolute atomic E-state index is 13.5. The minimum atomic E-state index is -0.464. The van der Waals surface area contributed by atoms with E-state index >= 15 is 0 Å². The number of nitrogens with zero attached hydrogens (tertiary/aromatic N) is 3. The van der Waals surface area contributed by atoms with Gasteiger partial charge in [0.15, 0.2) is 17.3 Å². The van der Waals surface area contributed by atoms with Gasteiger partial charge in [-0.15, -0.1) is 6.58 Å². The number of esters is 1. The van der Waals surface area contributed by atoms with Crippen LogP contribution < -0.4 is 15.0 Å². The van der Waals surface area contributed by atoms with Crippen LogP contribution in [0.25, 0.3) is 33.5 Å². The molecule has 0 saturated carbocycles. The number of carbonyl (C=O) groups excluding carboxylic acids is 1. The third-order valence-corrected chi connectivity index (χ3v) is 5.71. The zero-order valence-electron chi connectivity index (χ0n) is 20.3. The Morgan fingerprint density at radius 3 is 2.68 bits per heavy atom. The molecule has 0 spiro atoms. The van der Waals surface area contributed by atoms with Crippen molar-refractivity contribution in [3.8, 4) is 23.1 Å². The van der Waals surface area contributed by atoms with Crippen LogP contribution in [0, 0.1) is 0 Å². The van der Waals surface area contributed by atoms with Crippen molar-refractivity contribution in [2.24, 2.45) is 5.10 Å². The van der Waals surface area contributed by atoms with E-state index in [1.807, 2.05) is 36.4 Å². The van der Waals surface area contributed by atoms with Gasteiger partial charge in [0.2, 0.25) is 5.82 Å². The van der Waals surface area contributed by atoms with Gasteiger partial charge in [0.25, 0.3) is 5.56 Å². The lowest BCUT2D eigenvalue weighted by atomic mass is 10.1. The predicted octanol–water partition coefficient (Wildman–Crippen LogP) is 5.35. The number of methoxy groups -OCH3 is 1. The van der Waals surface area contributed by atoms with Crippen LogP contribution in [0.2, 0.25) is 0 Å². The molecule has 0 fully saturated rings. The lowest BCUT2D eigenvalue weighted by Crippen LogP contribution is -2.20. The van der Waals surface area contributed by atoms with E-state index in [9.17, 15) is 9.59 Å². The largest absolute Gasteiger partial charge is 0.493 e. The third kappa shape index (κ3) is 4.64. The van der Waals surface area contributed by atoms with E-state index < -0.39 is 5.97 Å².